The highest BCUT2D eigenvalue weighted by molar-refractivity contribution is 7.89. The van der Waals surface area contributed by atoms with Crippen molar-refractivity contribution in [2.24, 2.45) is 11.8 Å². The first kappa shape index (κ1) is 19.4. The minimum absolute atomic E-state index is 0.0463. The van der Waals surface area contributed by atoms with Crippen molar-refractivity contribution in [3.63, 3.8) is 0 Å². The molecule has 0 aromatic heterocycles. The lowest BCUT2D eigenvalue weighted by Gasteiger charge is -2.41. The number of carbonyl (C=O) groups excluding carboxylic acids is 1. The van der Waals surface area contributed by atoms with Crippen LogP contribution in [0.4, 0.5) is 0 Å². The van der Waals surface area contributed by atoms with Gasteiger partial charge in [0, 0.05) is 24.7 Å². The van der Waals surface area contributed by atoms with E-state index >= 15 is 0 Å². The number of piperidine rings is 1. The second kappa shape index (κ2) is 7.69. The summed E-state index contributed by atoms with van der Waals surface area (Å²) in [6.07, 6.45) is 6.15. The van der Waals surface area contributed by atoms with Gasteiger partial charge >= 0.3 is 0 Å². The maximum atomic E-state index is 13.0. The smallest absolute Gasteiger partial charge is 0.253 e. The van der Waals surface area contributed by atoms with Gasteiger partial charge in [0.1, 0.15) is 0 Å². The monoisotopic (exact) mass is 378 g/mol. The van der Waals surface area contributed by atoms with Gasteiger partial charge in [-0.15, -0.1) is 0 Å². The topological polar surface area (TPSA) is 66.5 Å². The SMILES string of the molecule is Cc1ccc(C(=O)N2CCC3CCCCC3C2)cc1S(=O)(=O)NC(C)C. The molecule has 144 valence electrons. The zero-order valence-corrected chi connectivity index (χ0v) is 16.8. The number of amides is 1. The lowest BCUT2D eigenvalue weighted by atomic mass is 9.75. The van der Waals surface area contributed by atoms with E-state index in [9.17, 15) is 13.2 Å². The Kier molecular flexibility index (Phi) is 5.72. The Balaban J connectivity index is 1.81. The lowest BCUT2D eigenvalue weighted by molar-refractivity contribution is 0.0520. The van der Waals surface area contributed by atoms with Crippen molar-refractivity contribution in [3.8, 4) is 0 Å². The van der Waals surface area contributed by atoms with E-state index in [1.165, 1.54) is 31.7 Å². The second-order valence-electron chi connectivity index (χ2n) is 8.10. The molecule has 0 radical (unpaired) electrons. The van der Waals surface area contributed by atoms with E-state index < -0.39 is 10.0 Å². The Bertz CT molecular complexity index is 773. The third-order valence-electron chi connectivity index (χ3n) is 5.69. The molecule has 1 saturated carbocycles. The molecule has 1 aromatic rings. The van der Waals surface area contributed by atoms with Crippen LogP contribution in [-0.2, 0) is 10.0 Å². The van der Waals surface area contributed by atoms with Crippen molar-refractivity contribution in [1.29, 1.82) is 0 Å². The highest BCUT2D eigenvalue weighted by atomic mass is 32.2. The quantitative estimate of drug-likeness (QED) is 0.874. The molecule has 2 unspecified atom stereocenters. The molecule has 1 aliphatic heterocycles. The van der Waals surface area contributed by atoms with Gasteiger partial charge in [-0.05, 0) is 63.1 Å². The fourth-order valence-corrected chi connectivity index (χ4v) is 5.89. The largest absolute Gasteiger partial charge is 0.338 e. The molecule has 1 aliphatic carbocycles. The summed E-state index contributed by atoms with van der Waals surface area (Å²) in [7, 11) is -3.62. The van der Waals surface area contributed by atoms with Crippen LogP contribution in [0.1, 0.15) is 61.9 Å². The van der Waals surface area contributed by atoms with Gasteiger partial charge in [0.2, 0.25) is 10.0 Å². The molecule has 5 nitrogen and oxygen atoms in total. The molecule has 1 saturated heterocycles. The minimum Gasteiger partial charge on any atom is -0.338 e. The Morgan fingerprint density at radius 1 is 1.15 bits per heavy atom. The van der Waals surface area contributed by atoms with Crippen molar-refractivity contribution in [3.05, 3.63) is 29.3 Å². The maximum Gasteiger partial charge on any atom is 0.253 e. The molecule has 26 heavy (non-hydrogen) atoms. The van der Waals surface area contributed by atoms with Gasteiger partial charge in [0.15, 0.2) is 0 Å². The third-order valence-corrected chi connectivity index (χ3v) is 7.49. The van der Waals surface area contributed by atoms with Gasteiger partial charge in [-0.3, -0.25) is 4.79 Å². The van der Waals surface area contributed by atoms with Gasteiger partial charge in [-0.1, -0.05) is 25.3 Å². The van der Waals surface area contributed by atoms with Crippen LogP contribution in [0.5, 0.6) is 0 Å². The lowest BCUT2D eigenvalue weighted by Crippen LogP contribution is -2.44. The number of rotatable bonds is 4. The zero-order valence-electron chi connectivity index (χ0n) is 16.0. The van der Waals surface area contributed by atoms with E-state index in [-0.39, 0.29) is 16.8 Å². The zero-order chi connectivity index (χ0) is 18.9. The molecule has 6 heteroatoms. The molecule has 1 amide bonds. The summed E-state index contributed by atoms with van der Waals surface area (Å²) in [5.74, 6) is 1.32. The summed E-state index contributed by atoms with van der Waals surface area (Å²) >= 11 is 0. The number of sulfonamides is 1. The number of aryl methyl sites for hydroxylation is 1. The van der Waals surface area contributed by atoms with Crippen molar-refractivity contribution in [2.45, 2.75) is 63.8 Å². The Morgan fingerprint density at radius 3 is 2.54 bits per heavy atom. The normalized spacial score (nSPS) is 23.8. The molecular formula is C20H30N2O3S. The third kappa shape index (κ3) is 4.12. The Labute approximate surface area is 157 Å². The summed E-state index contributed by atoms with van der Waals surface area (Å²) in [5.41, 5.74) is 1.12. The number of benzene rings is 1. The molecule has 2 fully saturated rings. The average molecular weight is 379 g/mol. The summed E-state index contributed by atoms with van der Waals surface area (Å²) < 4.78 is 27.7. The van der Waals surface area contributed by atoms with Gasteiger partial charge in [0.05, 0.1) is 4.90 Å². The average Bonchev–Trinajstić information content (AvgIpc) is 2.60. The number of hydrogen-bond donors (Lipinski definition) is 1. The number of hydrogen-bond acceptors (Lipinski definition) is 3. The van der Waals surface area contributed by atoms with E-state index in [2.05, 4.69) is 4.72 Å². The van der Waals surface area contributed by atoms with Crippen molar-refractivity contribution >= 4 is 15.9 Å². The fraction of sp³-hybridized carbons (Fsp3) is 0.650. The predicted octanol–water partition coefficient (Wildman–Crippen LogP) is 3.33. The number of nitrogens with one attached hydrogen (secondary N) is 1. The van der Waals surface area contributed by atoms with Crippen LogP contribution in [0.25, 0.3) is 0 Å². The maximum absolute atomic E-state index is 13.0. The van der Waals surface area contributed by atoms with Gasteiger partial charge in [-0.2, -0.15) is 0 Å². The number of carbonyl (C=O) groups is 1. The number of likely N-dealkylation sites (tertiary alicyclic amines) is 1. The molecule has 2 atom stereocenters. The summed E-state index contributed by atoms with van der Waals surface area (Å²) in [4.78, 5) is 15.1. The fourth-order valence-electron chi connectivity index (χ4n) is 4.36. The van der Waals surface area contributed by atoms with Crippen molar-refractivity contribution in [1.82, 2.24) is 9.62 Å². The van der Waals surface area contributed by atoms with E-state index in [4.69, 9.17) is 0 Å². The number of fused-ring (bicyclic) bond motifs is 1. The van der Waals surface area contributed by atoms with Crippen LogP contribution in [0.2, 0.25) is 0 Å². The molecule has 0 bridgehead atoms. The van der Waals surface area contributed by atoms with E-state index in [1.807, 2.05) is 4.90 Å². The summed E-state index contributed by atoms with van der Waals surface area (Å²) in [6, 6.07) is 4.83. The molecule has 3 rings (SSSR count). The first-order valence-electron chi connectivity index (χ1n) is 9.70. The first-order valence-corrected chi connectivity index (χ1v) is 11.2. The van der Waals surface area contributed by atoms with Crippen LogP contribution in [0, 0.1) is 18.8 Å². The summed E-state index contributed by atoms with van der Waals surface area (Å²) in [6.45, 7) is 6.92. The van der Waals surface area contributed by atoms with E-state index in [1.54, 1.807) is 32.9 Å². The molecule has 2 aliphatic rings. The van der Waals surface area contributed by atoms with Crippen LogP contribution in [0.3, 0.4) is 0 Å². The highest BCUT2D eigenvalue weighted by Gasteiger charge is 2.33. The van der Waals surface area contributed by atoms with E-state index in [0.29, 0.717) is 17.0 Å². The minimum atomic E-state index is -3.62. The van der Waals surface area contributed by atoms with Crippen LogP contribution in [0.15, 0.2) is 23.1 Å². The molecule has 1 aromatic carbocycles. The van der Waals surface area contributed by atoms with E-state index in [0.717, 1.165) is 25.4 Å². The predicted molar refractivity (Wildman–Crippen MR) is 103 cm³/mol. The van der Waals surface area contributed by atoms with Crippen LogP contribution >= 0.6 is 0 Å². The molecule has 0 spiro atoms. The standard InChI is InChI=1S/C20H30N2O3S/c1-14(2)21-26(24,25)19-12-17(9-8-15(19)3)20(23)22-11-10-16-6-4-5-7-18(16)13-22/h8-9,12,14,16,18,21H,4-7,10-11,13H2,1-3H3. The second-order valence-corrected chi connectivity index (χ2v) is 9.78. The van der Waals surface area contributed by atoms with Crippen molar-refractivity contribution < 1.29 is 13.2 Å². The Hall–Kier alpha value is -1.40. The first-order chi connectivity index (χ1) is 12.3. The molecular weight excluding hydrogens is 348 g/mol. The Morgan fingerprint density at radius 2 is 1.85 bits per heavy atom. The summed E-state index contributed by atoms with van der Waals surface area (Å²) in [5, 5.41) is 0. The molecule has 1 N–H and O–H groups in total. The van der Waals surface area contributed by atoms with Gasteiger partial charge in [-0.25, -0.2) is 13.1 Å². The van der Waals surface area contributed by atoms with Crippen LogP contribution in [-0.4, -0.2) is 38.4 Å². The van der Waals surface area contributed by atoms with Crippen molar-refractivity contribution in [2.75, 3.05) is 13.1 Å². The van der Waals surface area contributed by atoms with Gasteiger partial charge in [0.25, 0.3) is 5.91 Å². The van der Waals surface area contributed by atoms with Crippen LogP contribution < -0.4 is 4.72 Å². The number of nitrogens with zero attached hydrogens (tertiary/aromatic N) is 1. The highest BCUT2D eigenvalue weighted by Crippen LogP contribution is 2.36. The van der Waals surface area contributed by atoms with Gasteiger partial charge < -0.3 is 4.90 Å². The molecule has 1 heterocycles.